The average Bonchev–Trinajstić information content (AvgIpc) is 3.57. The van der Waals surface area contributed by atoms with Gasteiger partial charge in [-0.1, -0.05) is 24.3 Å². The van der Waals surface area contributed by atoms with Gasteiger partial charge in [-0.15, -0.1) is 0 Å². The second-order valence-electron chi connectivity index (χ2n) is 9.18. The molecule has 188 valence electrons. The third-order valence-corrected chi connectivity index (χ3v) is 6.68. The number of aromatic nitrogens is 1. The smallest absolute Gasteiger partial charge is 0.266 e. The SMILES string of the molecule is Cc1ccc(OCc2ccc(-c3nc(C#N)c(N4CCN(C(=O)c5ccccc5C)CC4)o3)o2)cc1C. The minimum absolute atomic E-state index is 0.0163. The molecule has 0 saturated carbocycles. The van der Waals surface area contributed by atoms with E-state index in [0.717, 1.165) is 16.9 Å². The number of hydrogen-bond acceptors (Lipinski definition) is 7. The van der Waals surface area contributed by atoms with Crippen LogP contribution in [0.4, 0.5) is 5.88 Å². The molecule has 37 heavy (non-hydrogen) atoms. The Hall–Kier alpha value is -4.51. The standard InChI is InChI=1S/C29H28N4O4/c1-19-8-9-22(16-21(19)3)35-18-23-10-11-26(36-23)27-31-25(17-30)29(37-27)33-14-12-32(13-15-33)28(34)24-7-5-4-6-20(24)2/h4-11,16H,12-15,18H2,1-3H3. The van der Waals surface area contributed by atoms with Gasteiger partial charge in [0.05, 0.1) is 0 Å². The molecule has 8 heteroatoms. The van der Waals surface area contributed by atoms with E-state index in [9.17, 15) is 10.1 Å². The molecule has 1 amide bonds. The lowest BCUT2D eigenvalue weighted by Gasteiger charge is -2.34. The highest BCUT2D eigenvalue weighted by Crippen LogP contribution is 2.30. The number of piperazine rings is 1. The van der Waals surface area contributed by atoms with Gasteiger partial charge in [0.25, 0.3) is 11.8 Å². The molecule has 5 rings (SSSR count). The molecule has 0 unspecified atom stereocenters. The van der Waals surface area contributed by atoms with E-state index in [1.807, 2.05) is 72.2 Å². The summed E-state index contributed by atoms with van der Waals surface area (Å²) >= 11 is 0. The number of nitrogens with zero attached hydrogens (tertiary/aromatic N) is 4. The number of ether oxygens (including phenoxy) is 1. The number of anilines is 1. The Kier molecular flexibility index (Phi) is 6.69. The topological polar surface area (TPSA) is 95.7 Å². The van der Waals surface area contributed by atoms with Crippen LogP contribution >= 0.6 is 0 Å². The van der Waals surface area contributed by atoms with E-state index < -0.39 is 0 Å². The minimum atomic E-state index is 0.0163. The predicted molar refractivity (Wildman–Crippen MR) is 138 cm³/mol. The number of benzene rings is 2. The lowest BCUT2D eigenvalue weighted by molar-refractivity contribution is 0.0744. The first kappa shape index (κ1) is 24.2. The number of nitriles is 1. The van der Waals surface area contributed by atoms with Gasteiger partial charge < -0.3 is 23.4 Å². The van der Waals surface area contributed by atoms with Crippen molar-refractivity contribution in [3.8, 4) is 23.5 Å². The fourth-order valence-corrected chi connectivity index (χ4v) is 4.33. The second-order valence-corrected chi connectivity index (χ2v) is 9.18. The van der Waals surface area contributed by atoms with Crippen LogP contribution in [0.25, 0.3) is 11.7 Å². The van der Waals surface area contributed by atoms with E-state index in [2.05, 4.69) is 18.0 Å². The Morgan fingerprint density at radius 3 is 2.49 bits per heavy atom. The quantitative estimate of drug-likeness (QED) is 0.359. The third-order valence-electron chi connectivity index (χ3n) is 6.68. The van der Waals surface area contributed by atoms with Gasteiger partial charge in [0.2, 0.25) is 11.6 Å². The highest BCUT2D eigenvalue weighted by molar-refractivity contribution is 5.95. The minimum Gasteiger partial charge on any atom is -0.486 e. The van der Waals surface area contributed by atoms with Gasteiger partial charge in [-0.05, 0) is 67.8 Å². The number of amides is 1. The number of rotatable bonds is 6. The van der Waals surface area contributed by atoms with Gasteiger partial charge in [-0.3, -0.25) is 4.79 Å². The summed E-state index contributed by atoms with van der Waals surface area (Å²) in [7, 11) is 0. The van der Waals surface area contributed by atoms with Gasteiger partial charge in [0.15, 0.2) is 5.76 Å². The molecule has 0 N–H and O–H groups in total. The molecule has 0 aliphatic carbocycles. The van der Waals surface area contributed by atoms with Crippen molar-refractivity contribution in [2.75, 3.05) is 31.1 Å². The largest absolute Gasteiger partial charge is 0.486 e. The molecule has 4 aromatic rings. The normalized spacial score (nSPS) is 13.5. The van der Waals surface area contributed by atoms with E-state index in [1.165, 1.54) is 5.56 Å². The molecule has 1 aliphatic heterocycles. The second kappa shape index (κ2) is 10.2. The molecule has 1 aliphatic rings. The van der Waals surface area contributed by atoms with Crippen molar-refractivity contribution in [3.63, 3.8) is 0 Å². The molecular formula is C29H28N4O4. The Morgan fingerprint density at radius 1 is 0.973 bits per heavy atom. The van der Waals surface area contributed by atoms with E-state index in [1.54, 1.807) is 6.07 Å². The molecule has 0 spiro atoms. The van der Waals surface area contributed by atoms with Crippen LogP contribution in [-0.4, -0.2) is 42.0 Å². The predicted octanol–water partition coefficient (Wildman–Crippen LogP) is 5.27. The van der Waals surface area contributed by atoms with Crippen LogP contribution in [0.1, 0.15) is 38.5 Å². The summed E-state index contributed by atoms with van der Waals surface area (Å²) in [6.45, 7) is 8.42. The highest BCUT2D eigenvalue weighted by atomic mass is 16.5. The molecule has 2 aromatic carbocycles. The van der Waals surface area contributed by atoms with Crippen LogP contribution in [0.5, 0.6) is 5.75 Å². The maximum Gasteiger partial charge on any atom is 0.266 e. The van der Waals surface area contributed by atoms with E-state index >= 15 is 0 Å². The Labute approximate surface area is 215 Å². The summed E-state index contributed by atoms with van der Waals surface area (Å²) in [6, 6.07) is 19.2. The monoisotopic (exact) mass is 496 g/mol. The van der Waals surface area contributed by atoms with E-state index in [-0.39, 0.29) is 24.1 Å². The van der Waals surface area contributed by atoms with Crippen LogP contribution in [0, 0.1) is 32.1 Å². The molecule has 1 saturated heterocycles. The van der Waals surface area contributed by atoms with Crippen LogP contribution in [0.15, 0.2) is 63.4 Å². The summed E-state index contributed by atoms with van der Waals surface area (Å²) in [5.41, 5.74) is 4.23. The zero-order valence-corrected chi connectivity index (χ0v) is 21.2. The zero-order valence-electron chi connectivity index (χ0n) is 21.2. The Morgan fingerprint density at radius 2 is 1.76 bits per heavy atom. The number of oxazole rings is 1. The van der Waals surface area contributed by atoms with Crippen LogP contribution in [0.3, 0.4) is 0 Å². The first-order chi connectivity index (χ1) is 17.9. The number of carbonyl (C=O) groups is 1. The van der Waals surface area contributed by atoms with Crippen molar-refractivity contribution in [1.29, 1.82) is 5.26 Å². The van der Waals surface area contributed by atoms with Crippen molar-refractivity contribution < 1.29 is 18.4 Å². The van der Waals surface area contributed by atoms with Crippen molar-refractivity contribution in [3.05, 3.63) is 88.3 Å². The molecular weight excluding hydrogens is 468 g/mol. The average molecular weight is 497 g/mol. The summed E-state index contributed by atoms with van der Waals surface area (Å²) in [4.78, 5) is 21.1. The summed E-state index contributed by atoms with van der Waals surface area (Å²) in [6.07, 6.45) is 0. The molecule has 0 radical (unpaired) electrons. The number of furan rings is 1. The van der Waals surface area contributed by atoms with Crippen molar-refractivity contribution >= 4 is 11.8 Å². The fourth-order valence-electron chi connectivity index (χ4n) is 4.33. The van der Waals surface area contributed by atoms with Gasteiger partial charge in [0.1, 0.15) is 24.2 Å². The zero-order chi connectivity index (χ0) is 25.9. The first-order valence-corrected chi connectivity index (χ1v) is 12.2. The van der Waals surface area contributed by atoms with Crippen LogP contribution < -0.4 is 9.64 Å². The summed E-state index contributed by atoms with van der Waals surface area (Å²) < 4.78 is 17.7. The molecule has 0 atom stereocenters. The van der Waals surface area contributed by atoms with Crippen molar-refractivity contribution in [2.24, 2.45) is 0 Å². The highest BCUT2D eigenvalue weighted by Gasteiger charge is 2.28. The van der Waals surface area contributed by atoms with Gasteiger partial charge in [-0.25, -0.2) is 0 Å². The summed E-state index contributed by atoms with van der Waals surface area (Å²) in [5.74, 6) is 2.46. The van der Waals surface area contributed by atoms with Gasteiger partial charge in [0, 0.05) is 31.7 Å². The molecule has 1 fully saturated rings. The van der Waals surface area contributed by atoms with Gasteiger partial charge >= 0.3 is 0 Å². The van der Waals surface area contributed by atoms with Gasteiger partial charge in [-0.2, -0.15) is 10.2 Å². The molecule has 8 nitrogen and oxygen atoms in total. The lowest BCUT2D eigenvalue weighted by Crippen LogP contribution is -2.49. The molecule has 0 bridgehead atoms. The number of hydrogen-bond donors (Lipinski definition) is 0. The fraction of sp³-hybridized carbons (Fsp3) is 0.276. The first-order valence-electron chi connectivity index (χ1n) is 12.2. The number of carbonyl (C=O) groups excluding carboxylic acids is 1. The number of aryl methyl sites for hydroxylation is 3. The van der Waals surface area contributed by atoms with E-state index in [0.29, 0.717) is 49.1 Å². The van der Waals surface area contributed by atoms with E-state index in [4.69, 9.17) is 13.6 Å². The van der Waals surface area contributed by atoms with Crippen LogP contribution in [-0.2, 0) is 6.61 Å². The Bertz CT molecular complexity index is 1470. The molecule has 3 heterocycles. The Balaban J connectivity index is 1.25. The maximum absolute atomic E-state index is 13.0. The maximum atomic E-state index is 13.0. The van der Waals surface area contributed by atoms with Crippen molar-refractivity contribution in [1.82, 2.24) is 9.88 Å². The third kappa shape index (κ3) is 5.07. The molecule has 2 aromatic heterocycles. The summed E-state index contributed by atoms with van der Waals surface area (Å²) in [5, 5.41) is 9.67. The lowest BCUT2D eigenvalue weighted by atomic mass is 10.1. The van der Waals surface area contributed by atoms with Crippen molar-refractivity contribution in [2.45, 2.75) is 27.4 Å². The van der Waals surface area contributed by atoms with Crippen LogP contribution in [0.2, 0.25) is 0 Å².